The van der Waals surface area contributed by atoms with E-state index in [0.717, 1.165) is 11.3 Å². The Morgan fingerprint density at radius 3 is 2.94 bits per heavy atom. The molecule has 1 rings (SSSR count). The summed E-state index contributed by atoms with van der Waals surface area (Å²) in [6, 6.07) is 7.77. The third kappa shape index (κ3) is 5.17. The number of carbonyl (C=O) groups is 1. The van der Waals surface area contributed by atoms with Gasteiger partial charge >= 0.3 is 0 Å². The Kier molecular flexibility index (Phi) is 5.82. The number of hydrogen-bond acceptors (Lipinski definition) is 3. The van der Waals surface area contributed by atoms with Crippen LogP contribution in [0.5, 0.6) is 5.75 Å². The summed E-state index contributed by atoms with van der Waals surface area (Å²) in [6.07, 6.45) is 2.05. The molecule has 1 aromatic carbocycles. The first-order valence-electron chi connectivity index (χ1n) is 5.54. The Bertz CT molecular complexity index is 377. The minimum absolute atomic E-state index is 0.298. The van der Waals surface area contributed by atoms with Crippen LogP contribution in [0.1, 0.15) is 12.0 Å². The molecule has 0 fully saturated rings. The highest BCUT2D eigenvalue weighted by atomic mass is 16.5. The van der Waals surface area contributed by atoms with Crippen molar-refractivity contribution < 1.29 is 9.53 Å². The van der Waals surface area contributed by atoms with Gasteiger partial charge in [-0.2, -0.15) is 0 Å². The van der Waals surface area contributed by atoms with Crippen LogP contribution in [0.25, 0.3) is 0 Å². The standard InChI is InChI=1S/C13H18N2O2/c1-2-9-17-12-6-4-3-5-11(12)10-15-8-7-13(14)16/h2-6,15H,1,7-10H2,(H2,14,16). The molecule has 0 spiro atoms. The molecular formula is C13H18N2O2. The fourth-order valence-corrected chi connectivity index (χ4v) is 1.37. The van der Waals surface area contributed by atoms with Crippen LogP contribution in [-0.2, 0) is 11.3 Å². The maximum absolute atomic E-state index is 10.6. The normalized spacial score (nSPS) is 9.88. The van der Waals surface area contributed by atoms with Gasteiger partial charge in [0.25, 0.3) is 0 Å². The third-order valence-corrected chi connectivity index (χ3v) is 2.19. The molecule has 0 aliphatic rings. The van der Waals surface area contributed by atoms with Crippen molar-refractivity contribution in [3.8, 4) is 5.75 Å². The van der Waals surface area contributed by atoms with Crippen LogP contribution in [0.2, 0.25) is 0 Å². The zero-order valence-corrected chi connectivity index (χ0v) is 9.82. The van der Waals surface area contributed by atoms with E-state index in [2.05, 4.69) is 11.9 Å². The Labute approximate surface area is 101 Å². The fraction of sp³-hybridized carbons (Fsp3) is 0.308. The number of nitrogens with two attached hydrogens (primary N) is 1. The average molecular weight is 234 g/mol. The van der Waals surface area contributed by atoms with Gasteiger partial charge in [-0.1, -0.05) is 30.9 Å². The number of ether oxygens (including phenoxy) is 1. The molecule has 0 aromatic heterocycles. The van der Waals surface area contributed by atoms with Crippen LogP contribution in [-0.4, -0.2) is 19.1 Å². The summed E-state index contributed by atoms with van der Waals surface area (Å²) in [5, 5.41) is 3.14. The van der Waals surface area contributed by atoms with Crippen LogP contribution in [0.15, 0.2) is 36.9 Å². The summed E-state index contributed by atoms with van der Waals surface area (Å²) in [4.78, 5) is 10.6. The highest BCUT2D eigenvalue weighted by Gasteiger charge is 2.02. The lowest BCUT2D eigenvalue weighted by Gasteiger charge is -2.10. The second-order valence-corrected chi connectivity index (χ2v) is 3.60. The molecule has 0 aliphatic heterocycles. The van der Waals surface area contributed by atoms with Crippen molar-refractivity contribution >= 4 is 5.91 Å². The number of primary amides is 1. The van der Waals surface area contributed by atoms with E-state index in [4.69, 9.17) is 10.5 Å². The highest BCUT2D eigenvalue weighted by molar-refractivity contribution is 5.73. The van der Waals surface area contributed by atoms with E-state index in [1.807, 2.05) is 24.3 Å². The number of nitrogens with one attached hydrogen (secondary N) is 1. The van der Waals surface area contributed by atoms with Gasteiger partial charge < -0.3 is 15.8 Å². The number of rotatable bonds is 8. The zero-order chi connectivity index (χ0) is 12.5. The minimum atomic E-state index is -0.298. The van der Waals surface area contributed by atoms with Gasteiger partial charge in [-0.25, -0.2) is 0 Å². The van der Waals surface area contributed by atoms with Crippen LogP contribution in [0, 0.1) is 0 Å². The lowest BCUT2D eigenvalue weighted by Crippen LogP contribution is -2.21. The topological polar surface area (TPSA) is 64.3 Å². The quantitative estimate of drug-likeness (QED) is 0.525. The van der Waals surface area contributed by atoms with E-state index in [-0.39, 0.29) is 5.91 Å². The molecule has 1 aromatic rings. The molecule has 0 saturated heterocycles. The molecule has 4 nitrogen and oxygen atoms in total. The first kappa shape index (κ1) is 13.3. The fourth-order valence-electron chi connectivity index (χ4n) is 1.37. The van der Waals surface area contributed by atoms with Crippen LogP contribution < -0.4 is 15.8 Å². The zero-order valence-electron chi connectivity index (χ0n) is 9.82. The molecule has 92 valence electrons. The van der Waals surface area contributed by atoms with Crippen molar-refractivity contribution in [2.75, 3.05) is 13.2 Å². The molecule has 0 aliphatic carbocycles. The Morgan fingerprint density at radius 2 is 2.24 bits per heavy atom. The second-order valence-electron chi connectivity index (χ2n) is 3.60. The third-order valence-electron chi connectivity index (χ3n) is 2.19. The molecule has 0 heterocycles. The maximum atomic E-state index is 10.6. The SMILES string of the molecule is C=CCOc1ccccc1CNCCC(N)=O. The second kappa shape index (κ2) is 7.46. The number of para-hydroxylation sites is 1. The first-order valence-corrected chi connectivity index (χ1v) is 5.54. The predicted molar refractivity (Wildman–Crippen MR) is 67.7 cm³/mol. The molecule has 4 heteroatoms. The number of amides is 1. The Hall–Kier alpha value is -1.81. The van der Waals surface area contributed by atoms with Gasteiger partial charge in [0.05, 0.1) is 0 Å². The van der Waals surface area contributed by atoms with Crippen molar-refractivity contribution in [1.29, 1.82) is 0 Å². The average Bonchev–Trinajstić information content (AvgIpc) is 2.33. The summed E-state index contributed by atoms with van der Waals surface area (Å²) in [6.45, 7) is 5.32. The number of carbonyl (C=O) groups excluding carboxylic acids is 1. The van der Waals surface area contributed by atoms with Gasteiger partial charge in [-0.15, -0.1) is 0 Å². The monoisotopic (exact) mass is 234 g/mol. The van der Waals surface area contributed by atoms with E-state index < -0.39 is 0 Å². The van der Waals surface area contributed by atoms with E-state index in [1.165, 1.54) is 0 Å². The lowest BCUT2D eigenvalue weighted by molar-refractivity contribution is -0.117. The van der Waals surface area contributed by atoms with Crippen LogP contribution >= 0.6 is 0 Å². The highest BCUT2D eigenvalue weighted by Crippen LogP contribution is 2.17. The summed E-state index contributed by atoms with van der Waals surface area (Å²) in [7, 11) is 0. The summed E-state index contributed by atoms with van der Waals surface area (Å²) >= 11 is 0. The lowest BCUT2D eigenvalue weighted by atomic mass is 10.2. The van der Waals surface area contributed by atoms with Gasteiger partial charge in [0, 0.05) is 25.1 Å². The molecule has 0 radical (unpaired) electrons. The number of hydrogen-bond donors (Lipinski definition) is 2. The molecule has 17 heavy (non-hydrogen) atoms. The molecule has 0 bridgehead atoms. The van der Waals surface area contributed by atoms with Gasteiger partial charge in [-0.05, 0) is 6.07 Å². The van der Waals surface area contributed by atoms with Crippen molar-refractivity contribution in [3.63, 3.8) is 0 Å². The molecule has 0 atom stereocenters. The van der Waals surface area contributed by atoms with Gasteiger partial charge in [-0.3, -0.25) is 4.79 Å². The summed E-state index contributed by atoms with van der Waals surface area (Å²) < 4.78 is 5.51. The van der Waals surface area contributed by atoms with E-state index in [9.17, 15) is 4.79 Å². The summed E-state index contributed by atoms with van der Waals surface area (Å²) in [5.74, 6) is 0.535. The van der Waals surface area contributed by atoms with Gasteiger partial charge in [0.1, 0.15) is 12.4 Å². The molecule has 0 saturated carbocycles. The number of benzene rings is 1. The molecule has 3 N–H and O–H groups in total. The first-order chi connectivity index (χ1) is 8.24. The van der Waals surface area contributed by atoms with Crippen molar-refractivity contribution in [2.24, 2.45) is 5.73 Å². The van der Waals surface area contributed by atoms with E-state index in [0.29, 0.717) is 26.1 Å². The smallest absolute Gasteiger partial charge is 0.218 e. The van der Waals surface area contributed by atoms with E-state index >= 15 is 0 Å². The van der Waals surface area contributed by atoms with Crippen molar-refractivity contribution in [1.82, 2.24) is 5.32 Å². The van der Waals surface area contributed by atoms with Crippen molar-refractivity contribution in [3.05, 3.63) is 42.5 Å². The minimum Gasteiger partial charge on any atom is -0.489 e. The van der Waals surface area contributed by atoms with Gasteiger partial charge in [0.2, 0.25) is 5.91 Å². The molecule has 0 unspecified atom stereocenters. The van der Waals surface area contributed by atoms with Crippen molar-refractivity contribution in [2.45, 2.75) is 13.0 Å². The summed E-state index contributed by atoms with van der Waals surface area (Å²) in [5.41, 5.74) is 6.11. The molecular weight excluding hydrogens is 216 g/mol. The Morgan fingerprint density at radius 1 is 1.47 bits per heavy atom. The Balaban J connectivity index is 2.45. The van der Waals surface area contributed by atoms with E-state index in [1.54, 1.807) is 6.08 Å². The predicted octanol–water partition coefficient (Wildman–Crippen LogP) is 1.22. The maximum Gasteiger partial charge on any atom is 0.218 e. The largest absolute Gasteiger partial charge is 0.489 e. The van der Waals surface area contributed by atoms with Crippen LogP contribution in [0.4, 0.5) is 0 Å². The van der Waals surface area contributed by atoms with Crippen LogP contribution in [0.3, 0.4) is 0 Å². The van der Waals surface area contributed by atoms with Gasteiger partial charge in [0.15, 0.2) is 0 Å². The molecule has 1 amide bonds.